The molecular weight excluding hydrogens is 348 g/mol. The molecule has 0 spiro atoms. The van der Waals surface area contributed by atoms with Gasteiger partial charge in [-0.3, -0.25) is 0 Å². The molecule has 0 amide bonds. The van der Waals surface area contributed by atoms with Gasteiger partial charge in [0.05, 0.1) is 12.2 Å². The molecule has 0 radical (unpaired) electrons. The molecule has 4 nitrogen and oxygen atoms in total. The summed E-state index contributed by atoms with van der Waals surface area (Å²) < 4.78 is 0. The molecule has 3 rings (SSSR count). The average Bonchev–Trinajstić information content (AvgIpc) is 3.15. The number of hydrogen-bond acceptors (Lipinski definition) is 4. The van der Waals surface area contributed by atoms with Crippen LogP contribution in [-0.4, -0.2) is 59.3 Å². The molecule has 0 unspecified atom stereocenters. The largest absolute Gasteiger partial charge is 0.388 e. The number of hydrogen-bond donors (Lipinski definition) is 2. The Bertz CT molecular complexity index is 483. The summed E-state index contributed by atoms with van der Waals surface area (Å²) in [6.07, 6.45) is 11.3. The number of benzene rings is 1. The van der Waals surface area contributed by atoms with Gasteiger partial charge in [0.25, 0.3) is 0 Å². The maximum Gasteiger partial charge on any atom is 0.0802 e. The molecule has 0 aliphatic carbocycles. The van der Waals surface area contributed by atoms with Gasteiger partial charge < -0.3 is 20.0 Å². The van der Waals surface area contributed by atoms with Gasteiger partial charge in [0, 0.05) is 13.1 Å². The zero-order valence-corrected chi connectivity index (χ0v) is 17.6. The van der Waals surface area contributed by atoms with Gasteiger partial charge in [-0.1, -0.05) is 49.9 Å². The van der Waals surface area contributed by atoms with Gasteiger partial charge in [0.1, 0.15) is 0 Å². The van der Waals surface area contributed by atoms with E-state index in [2.05, 4.69) is 9.80 Å². The van der Waals surface area contributed by atoms with Crippen molar-refractivity contribution in [2.24, 2.45) is 0 Å². The number of likely N-dealkylation sites (tertiary alicyclic amines) is 2. The van der Waals surface area contributed by atoms with Crippen LogP contribution in [0.1, 0.15) is 87.5 Å². The first-order chi connectivity index (χ1) is 13.7. The van der Waals surface area contributed by atoms with Crippen LogP contribution < -0.4 is 0 Å². The second kappa shape index (κ2) is 11.9. The molecule has 0 aromatic heterocycles. The second-order valence-corrected chi connectivity index (χ2v) is 8.79. The van der Waals surface area contributed by atoms with E-state index >= 15 is 0 Å². The normalized spacial score (nSPS) is 22.4. The van der Waals surface area contributed by atoms with Crippen LogP contribution >= 0.6 is 0 Å². The molecule has 4 heteroatoms. The summed E-state index contributed by atoms with van der Waals surface area (Å²) in [7, 11) is 0. The molecule has 2 aliphatic heterocycles. The van der Waals surface area contributed by atoms with Crippen LogP contribution in [0.25, 0.3) is 0 Å². The predicted octanol–water partition coefficient (Wildman–Crippen LogP) is 4.29. The van der Waals surface area contributed by atoms with Crippen molar-refractivity contribution in [1.29, 1.82) is 0 Å². The maximum absolute atomic E-state index is 10.6. The van der Waals surface area contributed by atoms with E-state index < -0.39 is 12.2 Å². The Labute approximate surface area is 171 Å². The third-order valence-electron chi connectivity index (χ3n) is 6.54. The summed E-state index contributed by atoms with van der Waals surface area (Å²) in [5.74, 6) is 0. The van der Waals surface area contributed by atoms with E-state index in [0.29, 0.717) is 0 Å². The van der Waals surface area contributed by atoms with Crippen LogP contribution in [0.5, 0.6) is 0 Å². The summed E-state index contributed by atoms with van der Waals surface area (Å²) in [4.78, 5) is 4.99. The standard InChI is InChI=1S/C24H40N2O2/c27-23(13-19-25-15-5-1-2-6-16-25)21-9-11-22(12-10-21)24(28)14-20-26-17-7-3-4-8-18-26/h9-12,23-24,27-28H,1-8,13-20H2/t23-,24-/m0/s1. The average molecular weight is 389 g/mol. The molecule has 2 fully saturated rings. The minimum Gasteiger partial charge on any atom is -0.388 e. The second-order valence-electron chi connectivity index (χ2n) is 8.79. The summed E-state index contributed by atoms with van der Waals surface area (Å²) in [5, 5.41) is 21.1. The molecule has 0 saturated carbocycles. The van der Waals surface area contributed by atoms with Crippen LogP contribution in [0, 0.1) is 0 Å². The van der Waals surface area contributed by atoms with Crippen molar-refractivity contribution < 1.29 is 10.2 Å². The Hall–Kier alpha value is -0.940. The minimum atomic E-state index is -0.411. The minimum absolute atomic E-state index is 0.411. The first-order valence-corrected chi connectivity index (χ1v) is 11.6. The topological polar surface area (TPSA) is 46.9 Å². The Balaban J connectivity index is 1.42. The molecule has 28 heavy (non-hydrogen) atoms. The highest BCUT2D eigenvalue weighted by Gasteiger charge is 2.15. The van der Waals surface area contributed by atoms with E-state index in [9.17, 15) is 10.2 Å². The van der Waals surface area contributed by atoms with Crippen molar-refractivity contribution in [2.75, 3.05) is 39.3 Å². The number of rotatable bonds is 8. The molecule has 2 atom stereocenters. The third kappa shape index (κ3) is 7.14. The molecule has 2 heterocycles. The molecular formula is C24H40N2O2. The molecule has 2 N–H and O–H groups in total. The van der Waals surface area contributed by atoms with Crippen LogP contribution in [0.15, 0.2) is 24.3 Å². The zero-order chi connectivity index (χ0) is 19.6. The van der Waals surface area contributed by atoms with E-state index in [4.69, 9.17) is 0 Å². The van der Waals surface area contributed by atoms with Crippen molar-refractivity contribution >= 4 is 0 Å². The Morgan fingerprint density at radius 1 is 0.571 bits per heavy atom. The van der Waals surface area contributed by atoms with Gasteiger partial charge in [-0.15, -0.1) is 0 Å². The van der Waals surface area contributed by atoms with Gasteiger partial charge >= 0.3 is 0 Å². The lowest BCUT2D eigenvalue weighted by Gasteiger charge is -2.22. The van der Waals surface area contributed by atoms with Gasteiger partial charge in [0.15, 0.2) is 0 Å². The summed E-state index contributed by atoms with van der Waals surface area (Å²) in [5.41, 5.74) is 1.94. The Morgan fingerprint density at radius 2 is 0.893 bits per heavy atom. The van der Waals surface area contributed by atoms with Gasteiger partial charge in [-0.25, -0.2) is 0 Å². The molecule has 0 bridgehead atoms. The lowest BCUT2D eigenvalue weighted by Crippen LogP contribution is -2.27. The lowest BCUT2D eigenvalue weighted by molar-refractivity contribution is 0.140. The van der Waals surface area contributed by atoms with E-state index in [0.717, 1.165) is 37.1 Å². The van der Waals surface area contributed by atoms with Crippen molar-refractivity contribution in [3.63, 3.8) is 0 Å². The monoisotopic (exact) mass is 388 g/mol. The number of nitrogens with zero attached hydrogens (tertiary/aromatic N) is 2. The number of aliphatic hydroxyl groups is 2. The van der Waals surface area contributed by atoms with Gasteiger partial charge in [0.2, 0.25) is 0 Å². The summed E-state index contributed by atoms with van der Waals surface area (Å²) in [6.45, 7) is 6.65. The SMILES string of the molecule is O[C@@H](CCN1CCCCCC1)c1ccc([C@@H](O)CCN2CCCCCC2)cc1. The fraction of sp³-hybridized carbons (Fsp3) is 0.750. The fourth-order valence-electron chi connectivity index (χ4n) is 4.60. The van der Waals surface area contributed by atoms with Crippen LogP contribution in [0.2, 0.25) is 0 Å². The first kappa shape index (κ1) is 21.8. The van der Waals surface area contributed by atoms with Crippen molar-refractivity contribution in [1.82, 2.24) is 9.80 Å². The smallest absolute Gasteiger partial charge is 0.0802 e. The highest BCUT2D eigenvalue weighted by atomic mass is 16.3. The van der Waals surface area contributed by atoms with E-state index in [1.165, 1.54) is 77.5 Å². The molecule has 158 valence electrons. The highest BCUT2D eigenvalue weighted by Crippen LogP contribution is 2.23. The predicted molar refractivity (Wildman–Crippen MR) is 115 cm³/mol. The van der Waals surface area contributed by atoms with Crippen LogP contribution in [0.4, 0.5) is 0 Å². The van der Waals surface area contributed by atoms with Crippen molar-refractivity contribution in [3.8, 4) is 0 Å². The quantitative estimate of drug-likeness (QED) is 0.698. The molecule has 2 aliphatic rings. The molecule has 2 saturated heterocycles. The number of aliphatic hydroxyl groups excluding tert-OH is 2. The van der Waals surface area contributed by atoms with Crippen LogP contribution in [0.3, 0.4) is 0 Å². The highest BCUT2D eigenvalue weighted by molar-refractivity contribution is 5.25. The zero-order valence-electron chi connectivity index (χ0n) is 17.6. The van der Waals surface area contributed by atoms with Gasteiger partial charge in [-0.2, -0.15) is 0 Å². The molecule has 1 aromatic rings. The maximum atomic E-state index is 10.6. The van der Waals surface area contributed by atoms with E-state index in [1.54, 1.807) is 0 Å². The summed E-state index contributed by atoms with van der Waals surface area (Å²) >= 11 is 0. The third-order valence-corrected chi connectivity index (χ3v) is 6.54. The van der Waals surface area contributed by atoms with Gasteiger partial charge in [-0.05, 0) is 75.8 Å². The Morgan fingerprint density at radius 3 is 1.21 bits per heavy atom. The molecule has 1 aromatic carbocycles. The first-order valence-electron chi connectivity index (χ1n) is 11.6. The fourth-order valence-corrected chi connectivity index (χ4v) is 4.60. The Kier molecular flexibility index (Phi) is 9.26. The summed E-state index contributed by atoms with van der Waals surface area (Å²) in [6, 6.07) is 7.99. The van der Waals surface area contributed by atoms with Crippen LogP contribution in [-0.2, 0) is 0 Å². The van der Waals surface area contributed by atoms with Crippen molar-refractivity contribution in [3.05, 3.63) is 35.4 Å². The lowest BCUT2D eigenvalue weighted by atomic mass is 10.0. The van der Waals surface area contributed by atoms with E-state index in [1.807, 2.05) is 24.3 Å². The van der Waals surface area contributed by atoms with E-state index in [-0.39, 0.29) is 0 Å². The van der Waals surface area contributed by atoms with Crippen molar-refractivity contribution in [2.45, 2.75) is 76.4 Å².